The van der Waals surface area contributed by atoms with Gasteiger partial charge in [0.25, 0.3) is 11.6 Å². The van der Waals surface area contributed by atoms with Gasteiger partial charge in [0.05, 0.1) is 10.5 Å². The van der Waals surface area contributed by atoms with Gasteiger partial charge in [-0.1, -0.05) is 12.1 Å². The highest BCUT2D eigenvalue weighted by atomic mass is 16.6. The molecule has 2 aromatic carbocycles. The van der Waals surface area contributed by atoms with Crippen LogP contribution in [0.2, 0.25) is 0 Å². The zero-order chi connectivity index (χ0) is 21.0. The molecule has 0 radical (unpaired) electrons. The van der Waals surface area contributed by atoms with Crippen molar-refractivity contribution in [2.75, 3.05) is 23.4 Å². The number of nitro groups is 1. The fourth-order valence-electron chi connectivity index (χ4n) is 3.02. The maximum Gasteiger partial charge on any atom is 0.338 e. The van der Waals surface area contributed by atoms with Gasteiger partial charge in [-0.3, -0.25) is 19.7 Å². The number of nitrogens with zero attached hydrogens (tertiary/aromatic N) is 2. The first-order valence-electron chi connectivity index (χ1n) is 8.97. The molecule has 1 saturated heterocycles. The summed E-state index contributed by atoms with van der Waals surface area (Å²) >= 11 is 0. The Kier molecular flexibility index (Phi) is 5.87. The number of rotatable bonds is 6. The van der Waals surface area contributed by atoms with Gasteiger partial charge in [-0.25, -0.2) is 4.79 Å². The maximum absolute atomic E-state index is 12.2. The van der Waals surface area contributed by atoms with Gasteiger partial charge < -0.3 is 15.0 Å². The summed E-state index contributed by atoms with van der Waals surface area (Å²) in [5.41, 5.74) is 1.42. The molecule has 0 aliphatic carbocycles. The number of amides is 2. The Morgan fingerprint density at radius 2 is 2.03 bits per heavy atom. The number of carbonyl (C=O) groups is 3. The minimum Gasteiger partial charge on any atom is -0.452 e. The second kappa shape index (κ2) is 8.51. The maximum atomic E-state index is 12.2. The molecule has 0 bridgehead atoms. The Balaban J connectivity index is 1.59. The van der Waals surface area contributed by atoms with E-state index in [9.17, 15) is 24.5 Å². The number of esters is 1. The van der Waals surface area contributed by atoms with E-state index in [0.717, 1.165) is 6.42 Å². The van der Waals surface area contributed by atoms with Crippen molar-refractivity contribution in [1.82, 2.24) is 0 Å². The Morgan fingerprint density at radius 1 is 1.24 bits per heavy atom. The third kappa shape index (κ3) is 4.75. The van der Waals surface area contributed by atoms with E-state index in [-0.39, 0.29) is 22.8 Å². The van der Waals surface area contributed by atoms with Crippen molar-refractivity contribution in [1.29, 1.82) is 0 Å². The van der Waals surface area contributed by atoms with Crippen molar-refractivity contribution in [3.63, 3.8) is 0 Å². The van der Waals surface area contributed by atoms with Crippen LogP contribution in [0.1, 0.15) is 28.8 Å². The molecule has 2 amide bonds. The van der Waals surface area contributed by atoms with E-state index in [1.807, 2.05) is 0 Å². The molecule has 0 unspecified atom stereocenters. The topological polar surface area (TPSA) is 119 Å². The largest absolute Gasteiger partial charge is 0.452 e. The predicted molar refractivity (Wildman–Crippen MR) is 105 cm³/mol. The van der Waals surface area contributed by atoms with Crippen LogP contribution in [0.4, 0.5) is 17.1 Å². The Hall–Kier alpha value is -3.75. The summed E-state index contributed by atoms with van der Waals surface area (Å²) in [7, 11) is 0. The highest BCUT2D eigenvalue weighted by Crippen LogP contribution is 2.23. The van der Waals surface area contributed by atoms with Crippen LogP contribution in [-0.4, -0.2) is 35.9 Å². The van der Waals surface area contributed by atoms with E-state index in [1.54, 1.807) is 30.0 Å². The first-order chi connectivity index (χ1) is 13.8. The van der Waals surface area contributed by atoms with Crippen LogP contribution in [0.5, 0.6) is 0 Å². The third-order valence-corrected chi connectivity index (χ3v) is 4.49. The van der Waals surface area contributed by atoms with Crippen LogP contribution < -0.4 is 10.2 Å². The van der Waals surface area contributed by atoms with Gasteiger partial charge >= 0.3 is 5.97 Å². The molecule has 3 rings (SSSR count). The summed E-state index contributed by atoms with van der Waals surface area (Å²) in [5, 5.41) is 13.4. The number of aryl methyl sites for hydroxylation is 1. The number of nitrogens with one attached hydrogen (secondary N) is 1. The monoisotopic (exact) mass is 397 g/mol. The first kappa shape index (κ1) is 20.0. The highest BCUT2D eigenvalue weighted by Gasteiger charge is 2.22. The summed E-state index contributed by atoms with van der Waals surface area (Å²) in [6.07, 6.45) is 1.25. The number of anilines is 2. The number of hydrogen-bond acceptors (Lipinski definition) is 6. The fraction of sp³-hybridized carbons (Fsp3) is 0.250. The predicted octanol–water partition coefficient (Wildman–Crippen LogP) is 2.83. The number of nitro benzene ring substituents is 1. The lowest BCUT2D eigenvalue weighted by atomic mass is 10.2. The molecule has 0 aromatic heterocycles. The average Bonchev–Trinajstić information content (AvgIpc) is 3.13. The van der Waals surface area contributed by atoms with Crippen molar-refractivity contribution in [2.24, 2.45) is 0 Å². The number of ether oxygens (including phenoxy) is 1. The van der Waals surface area contributed by atoms with E-state index in [2.05, 4.69) is 5.32 Å². The van der Waals surface area contributed by atoms with Gasteiger partial charge in [0.15, 0.2) is 6.61 Å². The lowest BCUT2D eigenvalue weighted by Gasteiger charge is -2.16. The van der Waals surface area contributed by atoms with Gasteiger partial charge in [-0.15, -0.1) is 0 Å². The second-order valence-corrected chi connectivity index (χ2v) is 6.58. The van der Waals surface area contributed by atoms with Gasteiger partial charge in [-0.05, 0) is 37.6 Å². The van der Waals surface area contributed by atoms with E-state index >= 15 is 0 Å². The molecular weight excluding hydrogens is 378 g/mol. The summed E-state index contributed by atoms with van der Waals surface area (Å²) in [6, 6.07) is 10.7. The molecule has 29 heavy (non-hydrogen) atoms. The molecular formula is C20H19N3O6. The van der Waals surface area contributed by atoms with Gasteiger partial charge in [0.2, 0.25) is 5.91 Å². The van der Waals surface area contributed by atoms with Crippen molar-refractivity contribution < 1.29 is 24.0 Å². The normalized spacial score (nSPS) is 13.3. The van der Waals surface area contributed by atoms with E-state index in [4.69, 9.17) is 4.74 Å². The van der Waals surface area contributed by atoms with Gasteiger partial charge in [0, 0.05) is 36.0 Å². The van der Waals surface area contributed by atoms with Crippen molar-refractivity contribution in [3.8, 4) is 0 Å². The molecule has 0 spiro atoms. The summed E-state index contributed by atoms with van der Waals surface area (Å²) in [5.74, 6) is -1.33. The minimum atomic E-state index is -0.705. The minimum absolute atomic E-state index is 0.00193. The first-order valence-corrected chi connectivity index (χ1v) is 8.97. The van der Waals surface area contributed by atoms with Crippen molar-refractivity contribution >= 4 is 34.8 Å². The van der Waals surface area contributed by atoms with Crippen LogP contribution in [0.25, 0.3) is 0 Å². The van der Waals surface area contributed by atoms with E-state index in [1.165, 1.54) is 24.3 Å². The number of hydrogen-bond donors (Lipinski definition) is 1. The third-order valence-electron chi connectivity index (χ3n) is 4.49. The Labute approximate surface area is 166 Å². The average molecular weight is 397 g/mol. The van der Waals surface area contributed by atoms with E-state index < -0.39 is 23.4 Å². The lowest BCUT2D eigenvalue weighted by Crippen LogP contribution is -2.24. The quantitative estimate of drug-likeness (QED) is 0.455. The van der Waals surface area contributed by atoms with Crippen molar-refractivity contribution in [2.45, 2.75) is 19.8 Å². The molecule has 1 heterocycles. The number of benzene rings is 2. The molecule has 1 fully saturated rings. The molecule has 9 nitrogen and oxygen atoms in total. The molecule has 1 aliphatic heterocycles. The fourth-order valence-corrected chi connectivity index (χ4v) is 3.02. The molecule has 9 heteroatoms. The molecule has 0 saturated carbocycles. The van der Waals surface area contributed by atoms with Crippen LogP contribution in [0, 0.1) is 17.0 Å². The van der Waals surface area contributed by atoms with Gasteiger partial charge in [0.1, 0.15) is 0 Å². The smallest absolute Gasteiger partial charge is 0.338 e. The molecule has 0 atom stereocenters. The van der Waals surface area contributed by atoms with Crippen LogP contribution >= 0.6 is 0 Å². The molecule has 1 aliphatic rings. The zero-order valence-corrected chi connectivity index (χ0v) is 15.7. The van der Waals surface area contributed by atoms with E-state index in [0.29, 0.717) is 24.2 Å². The molecule has 1 N–H and O–H groups in total. The van der Waals surface area contributed by atoms with Crippen LogP contribution in [0.15, 0.2) is 42.5 Å². The Bertz CT molecular complexity index is 988. The van der Waals surface area contributed by atoms with Crippen LogP contribution in [0.3, 0.4) is 0 Å². The zero-order valence-electron chi connectivity index (χ0n) is 15.7. The Morgan fingerprint density at radius 3 is 2.72 bits per heavy atom. The SMILES string of the molecule is Cc1ccc(NC(=O)COC(=O)c2cccc(N3CCCC3=O)c2)cc1[N+](=O)[O-]. The van der Waals surface area contributed by atoms with Crippen LogP contribution in [-0.2, 0) is 14.3 Å². The lowest BCUT2D eigenvalue weighted by molar-refractivity contribution is -0.385. The summed E-state index contributed by atoms with van der Waals surface area (Å²) in [4.78, 5) is 48.2. The molecule has 150 valence electrons. The van der Waals surface area contributed by atoms with Crippen molar-refractivity contribution in [3.05, 3.63) is 63.7 Å². The standard InChI is InChI=1S/C20H19N3O6/c1-13-7-8-15(11-17(13)23(27)28)21-18(24)12-29-20(26)14-4-2-5-16(10-14)22-9-3-6-19(22)25/h2,4-5,7-8,10-11H,3,6,9,12H2,1H3,(H,21,24). The van der Waals surface area contributed by atoms with Gasteiger partial charge in [-0.2, -0.15) is 0 Å². The molecule has 2 aromatic rings. The summed E-state index contributed by atoms with van der Waals surface area (Å²) in [6.45, 7) is 1.64. The second-order valence-electron chi connectivity index (χ2n) is 6.58. The highest BCUT2D eigenvalue weighted by molar-refractivity contribution is 5.98. The number of carbonyl (C=O) groups excluding carboxylic acids is 3. The summed E-state index contributed by atoms with van der Waals surface area (Å²) < 4.78 is 5.02.